The molecule has 1 N–H and O–H groups in total. The van der Waals surface area contributed by atoms with Crippen LogP contribution >= 0.6 is 0 Å². The second kappa shape index (κ2) is 12.0. The van der Waals surface area contributed by atoms with Crippen LogP contribution in [-0.4, -0.2) is 6.54 Å². The van der Waals surface area contributed by atoms with Crippen molar-refractivity contribution in [1.82, 2.24) is 5.32 Å². The molecule has 0 unspecified atom stereocenters. The molecule has 0 radical (unpaired) electrons. The van der Waals surface area contributed by atoms with Crippen LogP contribution in [0.1, 0.15) is 51.9 Å². The van der Waals surface area contributed by atoms with E-state index >= 15 is 0 Å². The molecule has 0 atom stereocenters. The molecule has 0 saturated carbocycles. The number of hydrogen-bond donors (Lipinski definition) is 1. The molecule has 0 aromatic carbocycles. The third-order valence-corrected chi connectivity index (χ3v) is 2.09. The summed E-state index contributed by atoms with van der Waals surface area (Å²) in [5.41, 5.74) is 0. The number of nitrogens with zero attached hydrogens (tertiary/aromatic N) is 1. The number of allylic oxidation sites excluding steroid dienone is 1. The molecule has 0 aliphatic heterocycles. The first-order chi connectivity index (χ1) is 6.91. The van der Waals surface area contributed by atoms with Crippen molar-refractivity contribution in [2.24, 2.45) is 0 Å². The van der Waals surface area contributed by atoms with Crippen molar-refractivity contribution in [1.29, 1.82) is 5.26 Å². The number of nitriles is 1. The lowest BCUT2D eigenvalue weighted by Gasteiger charge is -1.97. The van der Waals surface area contributed by atoms with Crippen LogP contribution in [-0.2, 0) is 0 Å². The van der Waals surface area contributed by atoms with Crippen molar-refractivity contribution in [2.75, 3.05) is 6.54 Å². The molecule has 0 spiro atoms. The number of rotatable bonds is 9. The van der Waals surface area contributed by atoms with Crippen LogP contribution in [0.3, 0.4) is 0 Å². The topological polar surface area (TPSA) is 35.8 Å². The van der Waals surface area contributed by atoms with Crippen molar-refractivity contribution in [3.05, 3.63) is 12.3 Å². The highest BCUT2D eigenvalue weighted by atomic mass is 14.8. The Morgan fingerprint density at radius 1 is 1.21 bits per heavy atom. The monoisotopic (exact) mass is 194 g/mol. The van der Waals surface area contributed by atoms with E-state index in [4.69, 9.17) is 5.26 Å². The second-order valence-electron chi connectivity index (χ2n) is 3.47. The third kappa shape index (κ3) is 11.0. The molecular formula is C12H22N2. The molecule has 0 fully saturated rings. The van der Waals surface area contributed by atoms with E-state index in [9.17, 15) is 0 Å². The summed E-state index contributed by atoms with van der Waals surface area (Å²) in [4.78, 5) is 0. The zero-order valence-corrected chi connectivity index (χ0v) is 9.26. The summed E-state index contributed by atoms with van der Waals surface area (Å²) < 4.78 is 0. The van der Waals surface area contributed by atoms with Gasteiger partial charge in [-0.2, -0.15) is 5.26 Å². The molecular weight excluding hydrogens is 172 g/mol. The maximum Gasteiger partial charge on any atom is 0.0640 e. The van der Waals surface area contributed by atoms with Crippen LogP contribution in [0.2, 0.25) is 0 Å². The predicted molar refractivity (Wildman–Crippen MR) is 60.7 cm³/mol. The zero-order chi connectivity index (χ0) is 10.5. The first-order valence-electron chi connectivity index (χ1n) is 5.67. The Hall–Kier alpha value is -0.970. The molecule has 0 aromatic heterocycles. The molecule has 2 nitrogen and oxygen atoms in total. The third-order valence-electron chi connectivity index (χ3n) is 2.09. The Labute approximate surface area is 88.0 Å². The summed E-state index contributed by atoms with van der Waals surface area (Å²) in [5.74, 6) is 0. The molecule has 0 saturated heterocycles. The molecule has 0 rings (SSSR count). The summed E-state index contributed by atoms with van der Waals surface area (Å²) in [6.45, 7) is 3.00. The first-order valence-corrected chi connectivity index (χ1v) is 5.67. The van der Waals surface area contributed by atoms with Gasteiger partial charge in [-0.05, 0) is 19.0 Å². The Balaban J connectivity index is 3.00. The Bertz CT molecular complexity index is 168. The van der Waals surface area contributed by atoms with Crippen LogP contribution < -0.4 is 5.32 Å². The van der Waals surface area contributed by atoms with Gasteiger partial charge >= 0.3 is 0 Å². The van der Waals surface area contributed by atoms with E-state index in [2.05, 4.69) is 24.4 Å². The average molecular weight is 194 g/mol. The molecule has 14 heavy (non-hydrogen) atoms. The maximum absolute atomic E-state index is 8.28. The lowest BCUT2D eigenvalue weighted by Crippen LogP contribution is -2.05. The molecule has 0 amide bonds. The van der Waals surface area contributed by atoms with E-state index < -0.39 is 0 Å². The molecule has 0 aromatic rings. The fourth-order valence-electron chi connectivity index (χ4n) is 1.24. The van der Waals surface area contributed by atoms with Gasteiger partial charge in [-0.1, -0.05) is 38.7 Å². The molecule has 0 heterocycles. The minimum Gasteiger partial charge on any atom is -0.390 e. The largest absolute Gasteiger partial charge is 0.390 e. The fraction of sp³-hybridized carbons (Fsp3) is 0.750. The highest BCUT2D eigenvalue weighted by molar-refractivity contribution is 4.81. The number of nitrogens with one attached hydrogen (secondary N) is 1. The number of unbranched alkanes of at least 4 members (excludes halogenated alkanes) is 5. The van der Waals surface area contributed by atoms with Gasteiger partial charge in [0, 0.05) is 6.54 Å². The second-order valence-corrected chi connectivity index (χ2v) is 3.47. The van der Waals surface area contributed by atoms with E-state index in [0.29, 0.717) is 6.42 Å². The van der Waals surface area contributed by atoms with Crippen LogP contribution in [0.4, 0.5) is 0 Å². The highest BCUT2D eigenvalue weighted by Gasteiger charge is 1.86. The van der Waals surface area contributed by atoms with E-state index in [-0.39, 0.29) is 0 Å². The highest BCUT2D eigenvalue weighted by Crippen LogP contribution is 2.04. The fourth-order valence-corrected chi connectivity index (χ4v) is 1.24. The zero-order valence-electron chi connectivity index (χ0n) is 9.26. The van der Waals surface area contributed by atoms with Crippen molar-refractivity contribution in [3.8, 4) is 6.07 Å². The van der Waals surface area contributed by atoms with E-state index in [1.807, 2.05) is 6.20 Å². The minimum atomic E-state index is 0.584. The van der Waals surface area contributed by atoms with Crippen LogP contribution in [0, 0.1) is 11.3 Å². The lowest BCUT2D eigenvalue weighted by molar-refractivity contribution is 0.636. The summed E-state index contributed by atoms with van der Waals surface area (Å²) >= 11 is 0. The van der Waals surface area contributed by atoms with Gasteiger partial charge in [-0.15, -0.1) is 0 Å². The maximum atomic E-state index is 8.28. The van der Waals surface area contributed by atoms with Gasteiger partial charge in [0.15, 0.2) is 0 Å². The minimum absolute atomic E-state index is 0.584. The summed E-state index contributed by atoms with van der Waals surface area (Å²) in [6, 6.07) is 2.10. The van der Waals surface area contributed by atoms with Gasteiger partial charge in [0.2, 0.25) is 0 Å². The van der Waals surface area contributed by atoms with E-state index in [1.54, 1.807) is 0 Å². The van der Waals surface area contributed by atoms with Gasteiger partial charge in [0.25, 0.3) is 0 Å². The quantitative estimate of drug-likeness (QED) is 0.571. The summed E-state index contributed by atoms with van der Waals surface area (Å²) in [6.07, 6.45) is 12.5. The van der Waals surface area contributed by atoms with Gasteiger partial charge in [0.1, 0.15) is 0 Å². The van der Waals surface area contributed by atoms with Gasteiger partial charge in [0.05, 0.1) is 12.5 Å². The van der Waals surface area contributed by atoms with E-state index in [1.165, 1.54) is 32.1 Å². The Morgan fingerprint density at radius 3 is 2.71 bits per heavy atom. The number of hydrogen-bond acceptors (Lipinski definition) is 2. The normalized spacial score (nSPS) is 10.3. The Kier molecular flexibility index (Phi) is 11.2. The predicted octanol–water partition coefficient (Wildman–Crippen LogP) is 3.36. The SMILES string of the molecule is CCCCCCC/C=C/NCCC#N. The Morgan fingerprint density at radius 2 is 2.00 bits per heavy atom. The summed E-state index contributed by atoms with van der Waals surface area (Å²) in [5, 5.41) is 11.4. The van der Waals surface area contributed by atoms with Crippen molar-refractivity contribution >= 4 is 0 Å². The molecule has 0 bridgehead atoms. The standard InChI is InChI=1S/C12H22N2/c1-2-3-4-5-6-7-8-11-14-12-9-10-13/h8,11,14H,2-7,9,12H2,1H3/b11-8+. The molecule has 0 aliphatic rings. The molecule has 0 aliphatic carbocycles. The van der Waals surface area contributed by atoms with Gasteiger partial charge in [-0.25, -0.2) is 0 Å². The van der Waals surface area contributed by atoms with Crippen molar-refractivity contribution in [3.63, 3.8) is 0 Å². The van der Waals surface area contributed by atoms with Crippen LogP contribution in [0.15, 0.2) is 12.3 Å². The van der Waals surface area contributed by atoms with Crippen molar-refractivity contribution in [2.45, 2.75) is 51.9 Å². The first kappa shape index (κ1) is 13.0. The van der Waals surface area contributed by atoms with Crippen LogP contribution in [0.5, 0.6) is 0 Å². The lowest BCUT2D eigenvalue weighted by atomic mass is 10.1. The van der Waals surface area contributed by atoms with Gasteiger partial charge < -0.3 is 5.32 Å². The van der Waals surface area contributed by atoms with Gasteiger partial charge in [-0.3, -0.25) is 0 Å². The molecule has 2 heteroatoms. The summed E-state index contributed by atoms with van der Waals surface area (Å²) in [7, 11) is 0. The van der Waals surface area contributed by atoms with Crippen molar-refractivity contribution < 1.29 is 0 Å². The smallest absolute Gasteiger partial charge is 0.0640 e. The average Bonchev–Trinajstić information content (AvgIpc) is 2.21. The molecule has 80 valence electrons. The van der Waals surface area contributed by atoms with E-state index in [0.717, 1.165) is 13.0 Å². The van der Waals surface area contributed by atoms with Crippen LogP contribution in [0.25, 0.3) is 0 Å².